The number of fused-ring (bicyclic) bond motifs is 1. The number of aromatic nitrogens is 3. The van der Waals surface area contributed by atoms with Crippen molar-refractivity contribution in [1.82, 2.24) is 15.0 Å². The molecule has 4 rings (SSSR count). The van der Waals surface area contributed by atoms with Crippen molar-refractivity contribution in [1.29, 1.82) is 0 Å². The number of carbonyl (C=O) groups excluding carboxylic acids is 1. The van der Waals surface area contributed by atoms with Gasteiger partial charge in [0.15, 0.2) is 0 Å². The number of pyridine rings is 2. The van der Waals surface area contributed by atoms with Crippen molar-refractivity contribution in [3.8, 4) is 0 Å². The molecule has 0 unspecified atom stereocenters. The molecule has 6 heteroatoms. The molecule has 0 fully saturated rings. The zero-order valence-corrected chi connectivity index (χ0v) is 13.7. The van der Waals surface area contributed by atoms with Gasteiger partial charge in [-0.2, -0.15) is 0 Å². The molecule has 0 aliphatic carbocycles. The van der Waals surface area contributed by atoms with E-state index in [1.807, 2.05) is 24.4 Å². The van der Waals surface area contributed by atoms with Crippen LogP contribution in [0.2, 0.25) is 0 Å². The smallest absolute Gasteiger partial charge is 0.259 e. The monoisotopic (exact) mass is 346 g/mol. The Balaban J connectivity index is 1.48. The number of amides is 1. The first kappa shape index (κ1) is 16.0. The van der Waals surface area contributed by atoms with E-state index in [9.17, 15) is 9.18 Å². The van der Waals surface area contributed by atoms with Crippen LogP contribution in [0.25, 0.3) is 11.0 Å². The van der Waals surface area contributed by atoms with Gasteiger partial charge in [-0.25, -0.2) is 14.4 Å². The molecule has 0 saturated carbocycles. The molecule has 4 aromatic rings. The minimum Gasteiger partial charge on any atom is -0.346 e. The summed E-state index contributed by atoms with van der Waals surface area (Å²) in [5, 5.41) is 3.68. The normalized spacial score (nSPS) is 10.8. The van der Waals surface area contributed by atoms with Gasteiger partial charge in [-0.05, 0) is 41.5 Å². The minimum absolute atomic E-state index is 0.00957. The molecular formula is C20H15FN4O. The van der Waals surface area contributed by atoms with E-state index in [1.54, 1.807) is 30.6 Å². The van der Waals surface area contributed by atoms with E-state index in [2.05, 4.69) is 20.3 Å². The van der Waals surface area contributed by atoms with Gasteiger partial charge in [-0.1, -0.05) is 18.2 Å². The number of hydrogen-bond donors (Lipinski definition) is 2. The number of rotatable bonds is 4. The third kappa shape index (κ3) is 3.17. The van der Waals surface area contributed by atoms with Crippen LogP contribution in [0.4, 0.5) is 10.2 Å². The fraction of sp³-hybridized carbons (Fsp3) is 0.0500. The lowest BCUT2D eigenvalue weighted by Gasteiger charge is -2.06. The van der Waals surface area contributed by atoms with Crippen molar-refractivity contribution in [2.24, 2.45) is 0 Å². The van der Waals surface area contributed by atoms with Gasteiger partial charge in [0.25, 0.3) is 5.91 Å². The van der Waals surface area contributed by atoms with E-state index < -0.39 is 11.7 Å². The van der Waals surface area contributed by atoms with Crippen LogP contribution in [0.5, 0.6) is 0 Å². The summed E-state index contributed by atoms with van der Waals surface area (Å²) in [7, 11) is 0. The summed E-state index contributed by atoms with van der Waals surface area (Å²) in [6, 6.07) is 13.4. The Kier molecular flexibility index (Phi) is 4.15. The molecule has 0 spiro atoms. The van der Waals surface area contributed by atoms with Crippen LogP contribution >= 0.6 is 0 Å². The molecule has 5 nitrogen and oxygen atoms in total. The Bertz CT molecular complexity index is 1070. The van der Waals surface area contributed by atoms with Crippen LogP contribution in [0.1, 0.15) is 21.5 Å². The Morgan fingerprint density at radius 3 is 2.77 bits per heavy atom. The predicted molar refractivity (Wildman–Crippen MR) is 97.5 cm³/mol. The van der Waals surface area contributed by atoms with Crippen LogP contribution in [0.15, 0.2) is 67.1 Å². The van der Waals surface area contributed by atoms with Crippen LogP contribution in [-0.2, 0) is 6.42 Å². The number of benzene rings is 1. The van der Waals surface area contributed by atoms with Crippen molar-refractivity contribution in [3.05, 3.63) is 89.6 Å². The maximum atomic E-state index is 13.7. The number of hydrogen-bond acceptors (Lipinski definition) is 3. The summed E-state index contributed by atoms with van der Waals surface area (Å²) < 4.78 is 13.7. The van der Waals surface area contributed by atoms with E-state index in [-0.39, 0.29) is 5.56 Å². The summed E-state index contributed by atoms with van der Waals surface area (Å²) in [5.74, 6) is -0.705. The molecule has 3 aromatic heterocycles. The molecular weight excluding hydrogens is 331 g/mol. The van der Waals surface area contributed by atoms with Crippen molar-refractivity contribution in [2.75, 3.05) is 5.32 Å². The SMILES string of the molecule is O=C(Nc1ccc(Cc2c[nH]c3ncccc23)cn1)c1ccccc1F. The highest BCUT2D eigenvalue weighted by Gasteiger charge is 2.11. The van der Waals surface area contributed by atoms with Crippen LogP contribution in [0.3, 0.4) is 0 Å². The molecule has 2 N–H and O–H groups in total. The summed E-state index contributed by atoms with van der Waals surface area (Å²) in [4.78, 5) is 23.8. The fourth-order valence-corrected chi connectivity index (χ4v) is 2.81. The fourth-order valence-electron chi connectivity index (χ4n) is 2.81. The van der Waals surface area contributed by atoms with Crippen LogP contribution in [-0.4, -0.2) is 20.9 Å². The molecule has 1 aromatic carbocycles. The Hall–Kier alpha value is -3.54. The zero-order chi connectivity index (χ0) is 17.9. The summed E-state index contributed by atoms with van der Waals surface area (Å²) in [6.45, 7) is 0. The van der Waals surface area contributed by atoms with Gasteiger partial charge >= 0.3 is 0 Å². The highest BCUT2D eigenvalue weighted by atomic mass is 19.1. The highest BCUT2D eigenvalue weighted by molar-refractivity contribution is 6.03. The first-order valence-corrected chi connectivity index (χ1v) is 8.12. The number of H-pyrrole nitrogens is 1. The second kappa shape index (κ2) is 6.76. The van der Waals surface area contributed by atoms with Gasteiger partial charge in [0.05, 0.1) is 5.56 Å². The van der Waals surface area contributed by atoms with E-state index in [1.165, 1.54) is 12.1 Å². The van der Waals surface area contributed by atoms with Crippen LogP contribution in [0, 0.1) is 5.82 Å². The van der Waals surface area contributed by atoms with Crippen molar-refractivity contribution >= 4 is 22.8 Å². The second-order valence-electron chi connectivity index (χ2n) is 5.88. The van der Waals surface area contributed by atoms with Crippen molar-refractivity contribution in [3.63, 3.8) is 0 Å². The third-order valence-electron chi connectivity index (χ3n) is 4.12. The topological polar surface area (TPSA) is 70.7 Å². The first-order valence-electron chi connectivity index (χ1n) is 8.12. The Morgan fingerprint density at radius 2 is 1.96 bits per heavy atom. The number of anilines is 1. The molecule has 0 saturated heterocycles. The van der Waals surface area contributed by atoms with Gasteiger partial charge < -0.3 is 10.3 Å². The number of carbonyl (C=O) groups is 1. The first-order chi connectivity index (χ1) is 12.7. The quantitative estimate of drug-likeness (QED) is 0.588. The van der Waals surface area contributed by atoms with Crippen molar-refractivity contribution < 1.29 is 9.18 Å². The molecule has 0 bridgehead atoms. The Morgan fingerprint density at radius 1 is 1.08 bits per heavy atom. The molecule has 1 amide bonds. The molecule has 0 aliphatic heterocycles. The van der Waals surface area contributed by atoms with Gasteiger partial charge in [0.1, 0.15) is 17.3 Å². The summed E-state index contributed by atoms with van der Waals surface area (Å²) >= 11 is 0. The van der Waals surface area contributed by atoms with E-state index in [4.69, 9.17) is 0 Å². The number of halogens is 1. The highest BCUT2D eigenvalue weighted by Crippen LogP contribution is 2.19. The number of aromatic amines is 1. The molecule has 3 heterocycles. The lowest BCUT2D eigenvalue weighted by atomic mass is 10.1. The average molecular weight is 346 g/mol. The maximum Gasteiger partial charge on any atom is 0.259 e. The van der Waals surface area contributed by atoms with Crippen LogP contribution < -0.4 is 5.32 Å². The Labute approximate surface area is 148 Å². The van der Waals surface area contributed by atoms with E-state index in [0.717, 1.165) is 22.2 Å². The average Bonchev–Trinajstić information content (AvgIpc) is 3.07. The van der Waals surface area contributed by atoms with Gasteiger partial charge in [-0.15, -0.1) is 0 Å². The third-order valence-corrected chi connectivity index (χ3v) is 4.12. The number of nitrogens with zero attached hydrogens (tertiary/aromatic N) is 2. The minimum atomic E-state index is -0.561. The summed E-state index contributed by atoms with van der Waals surface area (Å²) in [5.41, 5.74) is 2.96. The van der Waals surface area contributed by atoms with Gasteiger partial charge in [0, 0.05) is 30.4 Å². The molecule has 26 heavy (non-hydrogen) atoms. The largest absolute Gasteiger partial charge is 0.346 e. The lowest BCUT2D eigenvalue weighted by Crippen LogP contribution is -2.14. The maximum absolute atomic E-state index is 13.7. The molecule has 0 radical (unpaired) electrons. The summed E-state index contributed by atoms with van der Waals surface area (Å²) in [6.07, 6.45) is 6.08. The van der Waals surface area contributed by atoms with Crippen molar-refractivity contribution in [2.45, 2.75) is 6.42 Å². The molecule has 0 aliphatic rings. The predicted octanol–water partition coefficient (Wildman–Crippen LogP) is 3.94. The zero-order valence-electron chi connectivity index (χ0n) is 13.7. The standard InChI is InChI=1S/C20H15FN4O/c21-17-6-2-1-4-16(17)20(26)25-18-8-7-13(11-23-18)10-14-12-24-19-15(14)5-3-9-22-19/h1-9,11-12H,10H2,(H,22,24)(H,23,25,26). The van der Waals surface area contributed by atoms with E-state index >= 15 is 0 Å². The molecule has 128 valence electrons. The van der Waals surface area contributed by atoms with Gasteiger partial charge in [0.2, 0.25) is 0 Å². The second-order valence-corrected chi connectivity index (χ2v) is 5.88. The number of nitrogens with one attached hydrogen (secondary N) is 2. The molecule has 0 atom stereocenters. The lowest BCUT2D eigenvalue weighted by molar-refractivity contribution is 0.102. The van der Waals surface area contributed by atoms with Gasteiger partial charge in [-0.3, -0.25) is 4.79 Å². The van der Waals surface area contributed by atoms with E-state index in [0.29, 0.717) is 12.2 Å².